The Morgan fingerprint density at radius 1 is 0.964 bits per heavy atom. The molecule has 1 aromatic carbocycles. The second kappa shape index (κ2) is 9.30. The maximum atomic E-state index is 11.3. The fourth-order valence-electron chi connectivity index (χ4n) is 5.21. The number of aliphatic hydroxyl groups excluding tert-OH is 1. The van der Waals surface area contributed by atoms with Crippen LogP contribution in [0, 0.1) is 0 Å². The van der Waals surface area contributed by atoms with E-state index < -0.39 is 6.10 Å². The van der Waals surface area contributed by atoms with Crippen molar-refractivity contribution in [1.82, 2.24) is 9.88 Å². The van der Waals surface area contributed by atoms with Crippen molar-refractivity contribution in [2.45, 2.75) is 82.4 Å². The summed E-state index contributed by atoms with van der Waals surface area (Å²) in [6.45, 7) is 0.679. The Morgan fingerprint density at radius 2 is 1.57 bits per heavy atom. The minimum absolute atomic E-state index is 0.535. The van der Waals surface area contributed by atoms with Gasteiger partial charge in [-0.25, -0.2) is 0 Å². The van der Waals surface area contributed by atoms with Gasteiger partial charge in [0.1, 0.15) is 0 Å². The van der Waals surface area contributed by atoms with E-state index in [1.54, 1.807) is 12.3 Å². The Balaban J connectivity index is 1.62. The number of aromatic nitrogens is 1. The molecular formula is C23H30Cl2N2O. The molecule has 2 aromatic rings. The molecule has 1 heterocycles. The lowest BCUT2D eigenvalue weighted by Gasteiger charge is -2.42. The van der Waals surface area contributed by atoms with Crippen molar-refractivity contribution in [3.05, 3.63) is 40.0 Å². The highest BCUT2D eigenvalue weighted by atomic mass is 35.5. The zero-order chi connectivity index (χ0) is 19.5. The number of pyridine rings is 1. The van der Waals surface area contributed by atoms with E-state index in [-0.39, 0.29) is 0 Å². The molecule has 3 nitrogen and oxygen atoms in total. The van der Waals surface area contributed by atoms with Crippen LogP contribution in [0.25, 0.3) is 10.9 Å². The average molecular weight is 421 g/mol. The van der Waals surface area contributed by atoms with E-state index in [9.17, 15) is 5.11 Å². The van der Waals surface area contributed by atoms with Gasteiger partial charge in [0.2, 0.25) is 0 Å². The Bertz CT molecular complexity index is 783. The van der Waals surface area contributed by atoms with Crippen molar-refractivity contribution >= 4 is 34.1 Å². The first kappa shape index (κ1) is 20.4. The van der Waals surface area contributed by atoms with Crippen LogP contribution in [0.15, 0.2) is 24.4 Å². The topological polar surface area (TPSA) is 36.4 Å². The van der Waals surface area contributed by atoms with Crippen LogP contribution in [-0.2, 0) is 0 Å². The second-order valence-corrected chi connectivity index (χ2v) is 9.32. The number of hydrogen-bond donors (Lipinski definition) is 1. The molecule has 0 radical (unpaired) electrons. The number of fused-ring (bicyclic) bond motifs is 1. The number of hydrogen-bond acceptors (Lipinski definition) is 3. The molecule has 0 amide bonds. The molecule has 0 aliphatic heterocycles. The van der Waals surface area contributed by atoms with E-state index >= 15 is 0 Å². The molecule has 0 bridgehead atoms. The molecule has 28 heavy (non-hydrogen) atoms. The third kappa shape index (κ3) is 4.48. The summed E-state index contributed by atoms with van der Waals surface area (Å²) in [5, 5.41) is 13.3. The zero-order valence-electron chi connectivity index (χ0n) is 16.4. The Hall–Kier alpha value is -0.870. The molecule has 1 unspecified atom stereocenters. The SMILES string of the molecule is OC(CN(C1CCCCC1)C1CCCCC1)c1ccnc2c(Cl)cc(Cl)cc12. The highest BCUT2D eigenvalue weighted by Gasteiger charge is 2.31. The molecule has 1 N–H and O–H groups in total. The van der Waals surface area contributed by atoms with Crippen molar-refractivity contribution < 1.29 is 5.11 Å². The van der Waals surface area contributed by atoms with Gasteiger partial charge in [-0.3, -0.25) is 9.88 Å². The first-order valence-corrected chi connectivity index (χ1v) is 11.6. The lowest BCUT2D eigenvalue weighted by atomic mass is 9.88. The van der Waals surface area contributed by atoms with Crippen molar-refractivity contribution in [2.75, 3.05) is 6.54 Å². The van der Waals surface area contributed by atoms with Crippen LogP contribution in [0.5, 0.6) is 0 Å². The highest BCUT2D eigenvalue weighted by Crippen LogP contribution is 2.35. The molecule has 5 heteroatoms. The van der Waals surface area contributed by atoms with Crippen LogP contribution in [0.2, 0.25) is 10.0 Å². The molecule has 2 aliphatic carbocycles. The number of rotatable bonds is 5. The van der Waals surface area contributed by atoms with Gasteiger partial charge in [-0.1, -0.05) is 61.7 Å². The quantitative estimate of drug-likeness (QED) is 0.595. The molecule has 152 valence electrons. The lowest BCUT2D eigenvalue weighted by molar-refractivity contribution is 0.0292. The Labute approximate surface area is 178 Å². The van der Waals surface area contributed by atoms with Gasteiger partial charge >= 0.3 is 0 Å². The van der Waals surface area contributed by atoms with E-state index in [0.717, 1.165) is 10.9 Å². The monoisotopic (exact) mass is 420 g/mol. The van der Waals surface area contributed by atoms with Gasteiger partial charge < -0.3 is 5.11 Å². The molecule has 2 saturated carbocycles. The van der Waals surface area contributed by atoms with Gasteiger partial charge in [0.15, 0.2) is 0 Å². The van der Waals surface area contributed by atoms with Crippen molar-refractivity contribution in [2.24, 2.45) is 0 Å². The standard InChI is InChI=1S/C23H30Cl2N2O/c24-16-13-20-19(11-12-26-23(20)21(25)14-16)22(28)15-27(17-7-3-1-4-8-17)18-9-5-2-6-10-18/h11-14,17-18,22,28H,1-10,15H2. The van der Waals surface area contributed by atoms with Gasteiger partial charge in [0.25, 0.3) is 0 Å². The number of halogens is 2. The third-order valence-electron chi connectivity index (χ3n) is 6.63. The van der Waals surface area contributed by atoms with Gasteiger partial charge in [-0.2, -0.15) is 0 Å². The number of benzene rings is 1. The van der Waals surface area contributed by atoms with Crippen LogP contribution in [-0.4, -0.2) is 33.6 Å². The fraction of sp³-hybridized carbons (Fsp3) is 0.609. The predicted octanol–water partition coefficient (Wildman–Crippen LogP) is 6.54. The van der Waals surface area contributed by atoms with Crippen LogP contribution in [0.3, 0.4) is 0 Å². The van der Waals surface area contributed by atoms with Gasteiger partial charge in [0.05, 0.1) is 16.6 Å². The molecule has 1 aromatic heterocycles. The molecule has 2 fully saturated rings. The summed E-state index contributed by atoms with van der Waals surface area (Å²) in [6, 6.07) is 6.71. The summed E-state index contributed by atoms with van der Waals surface area (Å²) in [5.74, 6) is 0. The van der Waals surface area contributed by atoms with Crippen LogP contribution < -0.4 is 0 Å². The van der Waals surface area contributed by atoms with E-state index in [1.807, 2.05) is 12.1 Å². The predicted molar refractivity (Wildman–Crippen MR) is 117 cm³/mol. The minimum Gasteiger partial charge on any atom is -0.387 e. The average Bonchev–Trinajstić information content (AvgIpc) is 2.72. The molecule has 2 aliphatic rings. The van der Waals surface area contributed by atoms with Crippen molar-refractivity contribution in [3.63, 3.8) is 0 Å². The van der Waals surface area contributed by atoms with Crippen LogP contribution >= 0.6 is 23.2 Å². The van der Waals surface area contributed by atoms with Gasteiger partial charge in [0, 0.05) is 35.2 Å². The summed E-state index contributed by atoms with van der Waals surface area (Å²) in [7, 11) is 0. The Morgan fingerprint density at radius 3 is 2.18 bits per heavy atom. The first-order chi connectivity index (χ1) is 13.6. The minimum atomic E-state index is -0.566. The molecule has 1 atom stereocenters. The third-order valence-corrected chi connectivity index (χ3v) is 7.13. The van der Waals surface area contributed by atoms with E-state index in [0.29, 0.717) is 34.2 Å². The summed E-state index contributed by atoms with van der Waals surface area (Å²) in [5.41, 5.74) is 1.59. The maximum absolute atomic E-state index is 11.3. The van der Waals surface area contributed by atoms with E-state index in [2.05, 4.69) is 9.88 Å². The largest absolute Gasteiger partial charge is 0.387 e. The second-order valence-electron chi connectivity index (χ2n) is 8.48. The molecule has 0 saturated heterocycles. The van der Waals surface area contributed by atoms with E-state index in [1.165, 1.54) is 64.2 Å². The maximum Gasteiger partial charge on any atom is 0.0924 e. The summed E-state index contributed by atoms with van der Waals surface area (Å²) in [6.07, 6.45) is 14.2. The molecule has 0 spiro atoms. The fourth-order valence-corrected chi connectivity index (χ4v) is 5.75. The molecule has 4 rings (SSSR count). The summed E-state index contributed by atoms with van der Waals surface area (Å²) in [4.78, 5) is 7.05. The smallest absolute Gasteiger partial charge is 0.0924 e. The van der Waals surface area contributed by atoms with Crippen molar-refractivity contribution in [3.8, 4) is 0 Å². The lowest BCUT2D eigenvalue weighted by Crippen LogP contribution is -2.47. The van der Waals surface area contributed by atoms with Gasteiger partial charge in [-0.15, -0.1) is 0 Å². The summed E-state index contributed by atoms with van der Waals surface area (Å²) < 4.78 is 0. The molecular weight excluding hydrogens is 391 g/mol. The van der Waals surface area contributed by atoms with E-state index in [4.69, 9.17) is 23.2 Å². The van der Waals surface area contributed by atoms with Gasteiger partial charge in [-0.05, 0) is 49.4 Å². The zero-order valence-corrected chi connectivity index (χ0v) is 17.9. The normalized spacial score (nSPS) is 20.7. The van der Waals surface area contributed by atoms with Crippen LogP contribution in [0.4, 0.5) is 0 Å². The summed E-state index contributed by atoms with van der Waals surface area (Å²) >= 11 is 12.6. The first-order valence-electron chi connectivity index (χ1n) is 10.8. The van der Waals surface area contributed by atoms with Crippen molar-refractivity contribution in [1.29, 1.82) is 0 Å². The Kier molecular flexibility index (Phi) is 6.78. The highest BCUT2D eigenvalue weighted by molar-refractivity contribution is 6.38. The van der Waals surface area contributed by atoms with Crippen LogP contribution in [0.1, 0.15) is 75.9 Å². The number of aliphatic hydroxyl groups is 1. The number of nitrogens with zero attached hydrogens (tertiary/aromatic N) is 2.